The van der Waals surface area contributed by atoms with Gasteiger partial charge in [-0.25, -0.2) is 4.39 Å². The van der Waals surface area contributed by atoms with Crippen LogP contribution in [0.1, 0.15) is 30.1 Å². The Kier molecular flexibility index (Phi) is 2.92. The van der Waals surface area contributed by atoms with Gasteiger partial charge in [-0.3, -0.25) is 9.69 Å². The number of halogens is 1. The van der Waals surface area contributed by atoms with Gasteiger partial charge in [-0.2, -0.15) is 0 Å². The number of rotatable bonds is 1. The number of piperidine rings is 1. The van der Waals surface area contributed by atoms with Crippen LogP contribution in [0.3, 0.4) is 0 Å². The van der Waals surface area contributed by atoms with Crippen LogP contribution >= 0.6 is 0 Å². The normalized spacial score (nSPS) is 28.4. The number of Topliss-reactive ketones (excluding diaryl/α,β-unsaturated/α-hetero) is 1. The Hall–Kier alpha value is -1.26. The Bertz CT molecular complexity index is 479. The van der Waals surface area contributed by atoms with Gasteiger partial charge in [0.25, 0.3) is 0 Å². The average Bonchev–Trinajstić information content (AvgIpc) is 2.67. The number of ketones is 1. The molecule has 96 valence electrons. The van der Waals surface area contributed by atoms with E-state index in [9.17, 15) is 14.3 Å². The van der Waals surface area contributed by atoms with Gasteiger partial charge in [-0.05, 0) is 29.7 Å². The van der Waals surface area contributed by atoms with Crippen molar-refractivity contribution in [2.24, 2.45) is 0 Å². The highest BCUT2D eigenvalue weighted by molar-refractivity contribution is 5.79. The molecule has 1 aliphatic carbocycles. The third kappa shape index (κ3) is 1.95. The molecule has 0 aromatic heterocycles. The molecule has 18 heavy (non-hydrogen) atoms. The molecule has 1 aromatic rings. The Balaban J connectivity index is 1.79. The summed E-state index contributed by atoms with van der Waals surface area (Å²) in [5, 5.41) is 10.3. The van der Waals surface area contributed by atoms with Gasteiger partial charge in [0.2, 0.25) is 0 Å². The zero-order valence-electron chi connectivity index (χ0n) is 10.1. The molecule has 3 nitrogen and oxygen atoms in total. The van der Waals surface area contributed by atoms with Crippen LogP contribution < -0.4 is 0 Å². The predicted molar refractivity (Wildman–Crippen MR) is 64.7 cm³/mol. The highest BCUT2D eigenvalue weighted by atomic mass is 19.1. The van der Waals surface area contributed by atoms with E-state index < -0.39 is 6.10 Å². The summed E-state index contributed by atoms with van der Waals surface area (Å²) in [5.41, 5.74) is 1.72. The number of nitrogens with zero attached hydrogens (tertiary/aromatic N) is 1. The Morgan fingerprint density at radius 2 is 2.00 bits per heavy atom. The zero-order chi connectivity index (χ0) is 12.7. The summed E-state index contributed by atoms with van der Waals surface area (Å²) in [5.74, 6) is 0.0396. The second-order valence-electron chi connectivity index (χ2n) is 5.13. The van der Waals surface area contributed by atoms with Crippen LogP contribution in [0.5, 0.6) is 0 Å². The second-order valence-corrected chi connectivity index (χ2v) is 5.13. The lowest BCUT2D eigenvalue weighted by Gasteiger charge is -2.33. The molecular weight excluding hydrogens is 233 g/mol. The number of fused-ring (bicyclic) bond motifs is 1. The van der Waals surface area contributed by atoms with E-state index >= 15 is 0 Å². The van der Waals surface area contributed by atoms with Crippen LogP contribution in [0.25, 0.3) is 0 Å². The molecule has 1 heterocycles. The summed E-state index contributed by atoms with van der Waals surface area (Å²) in [6.45, 7) is 1.41. The summed E-state index contributed by atoms with van der Waals surface area (Å²) < 4.78 is 13.2. The van der Waals surface area contributed by atoms with Gasteiger partial charge in [0.15, 0.2) is 0 Å². The molecule has 3 rings (SSSR count). The van der Waals surface area contributed by atoms with E-state index in [0.29, 0.717) is 38.1 Å². The molecule has 0 radical (unpaired) electrons. The molecule has 0 bridgehead atoms. The lowest BCUT2D eigenvalue weighted by molar-refractivity contribution is -0.122. The third-order valence-electron chi connectivity index (χ3n) is 4.04. The molecule has 2 atom stereocenters. The minimum atomic E-state index is -0.561. The van der Waals surface area contributed by atoms with E-state index in [1.807, 2.05) is 0 Å². The highest BCUT2D eigenvalue weighted by Crippen LogP contribution is 2.35. The number of hydrogen-bond acceptors (Lipinski definition) is 3. The number of carbonyl (C=O) groups is 1. The van der Waals surface area contributed by atoms with Crippen molar-refractivity contribution in [1.29, 1.82) is 0 Å². The van der Waals surface area contributed by atoms with E-state index in [-0.39, 0.29) is 11.9 Å². The first kappa shape index (κ1) is 11.8. The highest BCUT2D eigenvalue weighted by Gasteiger charge is 2.36. The van der Waals surface area contributed by atoms with Crippen molar-refractivity contribution in [2.75, 3.05) is 13.1 Å². The van der Waals surface area contributed by atoms with Gasteiger partial charge < -0.3 is 5.11 Å². The van der Waals surface area contributed by atoms with Crippen LogP contribution in [0.15, 0.2) is 18.2 Å². The smallest absolute Gasteiger partial charge is 0.135 e. The molecule has 0 spiro atoms. The SMILES string of the molecule is O=C1CCN([C@@H]2Cc3cc(F)ccc3[C@@H]2O)CC1. The maximum atomic E-state index is 13.2. The van der Waals surface area contributed by atoms with Crippen LogP contribution in [-0.4, -0.2) is 34.9 Å². The number of carbonyl (C=O) groups excluding carboxylic acids is 1. The standard InChI is InChI=1S/C14H16FNO2/c15-10-1-2-12-9(7-10)8-13(14(12)18)16-5-3-11(17)4-6-16/h1-2,7,13-14,18H,3-6,8H2/t13-,14+/m1/s1. The molecule has 1 aliphatic heterocycles. The number of aliphatic hydroxyl groups excluding tert-OH is 1. The molecule has 0 unspecified atom stereocenters. The van der Waals surface area contributed by atoms with Crippen molar-refractivity contribution < 1.29 is 14.3 Å². The maximum absolute atomic E-state index is 13.2. The van der Waals surface area contributed by atoms with Gasteiger partial charge in [0.1, 0.15) is 11.6 Å². The maximum Gasteiger partial charge on any atom is 0.135 e. The molecule has 1 aromatic carbocycles. The van der Waals surface area contributed by atoms with Crippen molar-refractivity contribution in [1.82, 2.24) is 4.90 Å². The first-order chi connectivity index (χ1) is 8.65. The number of hydrogen-bond donors (Lipinski definition) is 1. The van der Waals surface area contributed by atoms with Gasteiger partial charge in [0.05, 0.1) is 6.10 Å². The summed E-state index contributed by atoms with van der Waals surface area (Å²) in [7, 11) is 0. The second kappa shape index (κ2) is 4.44. The summed E-state index contributed by atoms with van der Waals surface area (Å²) in [6, 6.07) is 4.57. The number of likely N-dealkylation sites (tertiary alicyclic amines) is 1. The molecule has 0 saturated carbocycles. The van der Waals surface area contributed by atoms with Crippen LogP contribution in [0.4, 0.5) is 4.39 Å². The molecule has 1 fully saturated rings. The molecular formula is C14H16FNO2. The lowest BCUT2D eigenvalue weighted by atomic mass is 10.0. The van der Waals surface area contributed by atoms with E-state index in [0.717, 1.165) is 11.1 Å². The third-order valence-corrected chi connectivity index (χ3v) is 4.04. The van der Waals surface area contributed by atoms with Gasteiger partial charge in [-0.1, -0.05) is 6.07 Å². The lowest BCUT2D eigenvalue weighted by Crippen LogP contribution is -2.43. The van der Waals surface area contributed by atoms with Crippen molar-refractivity contribution in [3.63, 3.8) is 0 Å². The first-order valence-corrected chi connectivity index (χ1v) is 6.37. The molecule has 0 amide bonds. The number of aliphatic hydroxyl groups is 1. The molecule has 2 aliphatic rings. The fraction of sp³-hybridized carbons (Fsp3) is 0.500. The van der Waals surface area contributed by atoms with E-state index in [2.05, 4.69) is 4.90 Å². The van der Waals surface area contributed by atoms with Crippen molar-refractivity contribution in [2.45, 2.75) is 31.4 Å². The van der Waals surface area contributed by atoms with Crippen molar-refractivity contribution >= 4 is 5.78 Å². The molecule has 1 N–H and O–H groups in total. The van der Waals surface area contributed by atoms with Gasteiger partial charge in [0, 0.05) is 32.0 Å². The monoisotopic (exact) mass is 249 g/mol. The minimum Gasteiger partial charge on any atom is -0.387 e. The first-order valence-electron chi connectivity index (χ1n) is 6.37. The number of benzene rings is 1. The quantitative estimate of drug-likeness (QED) is 0.819. The van der Waals surface area contributed by atoms with Crippen LogP contribution in [0.2, 0.25) is 0 Å². The van der Waals surface area contributed by atoms with E-state index in [1.54, 1.807) is 6.07 Å². The largest absolute Gasteiger partial charge is 0.387 e. The summed E-state index contributed by atoms with van der Waals surface area (Å²) in [6.07, 6.45) is 1.23. The average molecular weight is 249 g/mol. The summed E-state index contributed by atoms with van der Waals surface area (Å²) in [4.78, 5) is 13.4. The van der Waals surface area contributed by atoms with Crippen LogP contribution in [0, 0.1) is 5.82 Å². The van der Waals surface area contributed by atoms with Crippen molar-refractivity contribution in [3.8, 4) is 0 Å². The Morgan fingerprint density at radius 3 is 2.72 bits per heavy atom. The Morgan fingerprint density at radius 1 is 1.28 bits per heavy atom. The van der Waals surface area contributed by atoms with E-state index in [1.165, 1.54) is 12.1 Å². The fourth-order valence-electron chi connectivity index (χ4n) is 3.02. The molecule has 1 saturated heterocycles. The van der Waals surface area contributed by atoms with Crippen LogP contribution in [-0.2, 0) is 11.2 Å². The minimum absolute atomic E-state index is 0.00472. The Labute approximate surface area is 105 Å². The van der Waals surface area contributed by atoms with Gasteiger partial charge >= 0.3 is 0 Å². The van der Waals surface area contributed by atoms with Crippen molar-refractivity contribution in [3.05, 3.63) is 35.1 Å². The molecule has 4 heteroatoms. The predicted octanol–water partition coefficient (Wildman–Crippen LogP) is 1.45. The van der Waals surface area contributed by atoms with Gasteiger partial charge in [-0.15, -0.1) is 0 Å². The topological polar surface area (TPSA) is 40.5 Å². The fourth-order valence-corrected chi connectivity index (χ4v) is 3.02. The zero-order valence-corrected chi connectivity index (χ0v) is 10.1. The van der Waals surface area contributed by atoms with E-state index in [4.69, 9.17) is 0 Å². The summed E-state index contributed by atoms with van der Waals surface area (Å²) >= 11 is 0.